The summed E-state index contributed by atoms with van der Waals surface area (Å²) in [6.45, 7) is 5.18. The van der Waals surface area contributed by atoms with E-state index in [1.165, 1.54) is 0 Å². The smallest absolute Gasteiger partial charge is 0.408 e. The van der Waals surface area contributed by atoms with Crippen LogP contribution in [0.25, 0.3) is 0 Å². The molecule has 1 unspecified atom stereocenters. The fourth-order valence-electron chi connectivity index (χ4n) is 1.56. The number of hydrogen-bond donors (Lipinski definition) is 2. The predicted molar refractivity (Wildman–Crippen MR) is 96.4 cm³/mol. The summed E-state index contributed by atoms with van der Waals surface area (Å²) < 4.78 is 7.13. The highest BCUT2D eigenvalue weighted by molar-refractivity contribution is 14.1. The summed E-state index contributed by atoms with van der Waals surface area (Å²) in [6, 6.07) is 4.72. The molecular formula is C14H17I2NO4. The van der Waals surface area contributed by atoms with Gasteiger partial charge in [0.25, 0.3) is 0 Å². The van der Waals surface area contributed by atoms with Crippen molar-refractivity contribution < 1.29 is 19.4 Å². The highest BCUT2D eigenvalue weighted by Gasteiger charge is 2.24. The molecule has 21 heavy (non-hydrogen) atoms. The van der Waals surface area contributed by atoms with E-state index in [4.69, 9.17) is 4.74 Å². The number of carbonyl (C=O) groups is 2. The lowest BCUT2D eigenvalue weighted by molar-refractivity contribution is -0.139. The lowest BCUT2D eigenvalue weighted by atomic mass is 10.1. The largest absolute Gasteiger partial charge is 0.480 e. The molecule has 5 nitrogen and oxygen atoms in total. The zero-order valence-electron chi connectivity index (χ0n) is 11.9. The molecule has 116 valence electrons. The average Bonchev–Trinajstić information content (AvgIpc) is 2.28. The predicted octanol–water partition coefficient (Wildman–Crippen LogP) is 3.42. The number of carbonyl (C=O) groups excluding carboxylic acids is 1. The molecule has 0 aliphatic heterocycles. The summed E-state index contributed by atoms with van der Waals surface area (Å²) in [5, 5.41) is 11.7. The Labute approximate surface area is 151 Å². The molecule has 1 rings (SSSR count). The maximum absolute atomic E-state index is 11.7. The van der Waals surface area contributed by atoms with E-state index in [-0.39, 0.29) is 6.42 Å². The summed E-state index contributed by atoms with van der Waals surface area (Å²) in [4.78, 5) is 23.0. The fraction of sp³-hybridized carbons (Fsp3) is 0.429. The van der Waals surface area contributed by atoms with E-state index in [1.807, 2.05) is 18.2 Å². The molecule has 0 aliphatic rings. The van der Waals surface area contributed by atoms with Gasteiger partial charge in [0.05, 0.1) is 0 Å². The van der Waals surface area contributed by atoms with Crippen LogP contribution in [0, 0.1) is 7.14 Å². The van der Waals surface area contributed by atoms with Gasteiger partial charge in [0, 0.05) is 13.6 Å². The number of aliphatic carboxylic acids is 1. The van der Waals surface area contributed by atoms with Crippen molar-refractivity contribution in [3.05, 3.63) is 30.9 Å². The van der Waals surface area contributed by atoms with Crippen LogP contribution in [0.3, 0.4) is 0 Å². The van der Waals surface area contributed by atoms with Gasteiger partial charge >= 0.3 is 12.1 Å². The van der Waals surface area contributed by atoms with E-state index >= 15 is 0 Å². The maximum Gasteiger partial charge on any atom is 0.408 e. The molecule has 1 aromatic rings. The SMILES string of the molecule is CC(C)(C)OC(=O)NC(Cc1ccc(I)cc1I)C(=O)O. The summed E-state index contributed by atoms with van der Waals surface area (Å²) >= 11 is 4.35. The zero-order chi connectivity index (χ0) is 16.2. The molecule has 0 fully saturated rings. The van der Waals surface area contributed by atoms with Gasteiger partial charge < -0.3 is 15.2 Å². The molecule has 0 bridgehead atoms. The van der Waals surface area contributed by atoms with Gasteiger partial charge in [-0.2, -0.15) is 0 Å². The summed E-state index contributed by atoms with van der Waals surface area (Å²) in [5.74, 6) is -1.09. The first kappa shape index (κ1) is 18.5. The molecule has 0 radical (unpaired) electrons. The summed E-state index contributed by atoms with van der Waals surface area (Å²) in [7, 11) is 0. The van der Waals surface area contributed by atoms with Gasteiger partial charge in [0.2, 0.25) is 0 Å². The Hall–Kier alpha value is -0.580. The molecule has 1 aromatic carbocycles. The second kappa shape index (κ2) is 7.61. The number of nitrogens with one attached hydrogen (secondary N) is 1. The average molecular weight is 517 g/mol. The van der Waals surface area contributed by atoms with Gasteiger partial charge in [0.15, 0.2) is 0 Å². The Morgan fingerprint density at radius 3 is 2.43 bits per heavy atom. The van der Waals surface area contributed by atoms with Crippen molar-refractivity contribution in [3.63, 3.8) is 0 Å². The summed E-state index contributed by atoms with van der Waals surface area (Å²) in [5.41, 5.74) is 0.212. The van der Waals surface area contributed by atoms with Crippen LogP contribution in [0.2, 0.25) is 0 Å². The Morgan fingerprint density at radius 1 is 1.33 bits per heavy atom. The first-order valence-corrected chi connectivity index (χ1v) is 8.40. The monoisotopic (exact) mass is 517 g/mol. The molecule has 0 saturated carbocycles. The highest BCUT2D eigenvalue weighted by Crippen LogP contribution is 2.18. The standard InChI is InChI=1S/C14H17I2NO4/c1-14(2,3)21-13(20)17-11(12(18)19)6-8-4-5-9(15)7-10(8)16/h4-5,7,11H,6H2,1-3H3,(H,17,20)(H,18,19). The van der Waals surface area contributed by atoms with E-state index < -0.39 is 23.7 Å². The van der Waals surface area contributed by atoms with Gasteiger partial charge in [-0.3, -0.25) is 0 Å². The van der Waals surface area contributed by atoms with Crippen LogP contribution in [-0.2, 0) is 16.0 Å². The number of carboxylic acids is 1. The van der Waals surface area contributed by atoms with Gasteiger partial charge in [-0.05, 0) is 83.6 Å². The molecule has 0 aliphatic carbocycles. The fourth-order valence-corrected chi connectivity index (χ4v) is 3.38. The molecule has 0 saturated heterocycles. The van der Waals surface area contributed by atoms with E-state index in [2.05, 4.69) is 50.5 Å². The molecule has 0 heterocycles. The van der Waals surface area contributed by atoms with Crippen molar-refractivity contribution in [2.45, 2.75) is 38.8 Å². The van der Waals surface area contributed by atoms with Gasteiger partial charge in [-0.25, -0.2) is 9.59 Å². The first-order chi connectivity index (χ1) is 9.58. The van der Waals surface area contributed by atoms with E-state index in [1.54, 1.807) is 20.8 Å². The number of rotatable bonds is 4. The molecular weight excluding hydrogens is 500 g/mol. The number of halogens is 2. The minimum atomic E-state index is -1.09. The third-order valence-electron chi connectivity index (χ3n) is 2.43. The lowest BCUT2D eigenvalue weighted by Crippen LogP contribution is -2.44. The molecule has 2 N–H and O–H groups in total. The second-order valence-corrected chi connectivity index (χ2v) is 7.88. The summed E-state index contributed by atoms with van der Waals surface area (Å²) in [6.07, 6.45) is -0.514. The molecule has 7 heteroatoms. The third kappa shape index (κ3) is 6.81. The van der Waals surface area contributed by atoms with Crippen LogP contribution in [0.5, 0.6) is 0 Å². The van der Waals surface area contributed by atoms with Crippen LogP contribution in [0.15, 0.2) is 18.2 Å². The van der Waals surface area contributed by atoms with Gasteiger partial charge in [-0.1, -0.05) is 6.07 Å². The third-order valence-corrected chi connectivity index (χ3v) is 4.10. The van der Waals surface area contributed by atoms with Crippen molar-refractivity contribution in [2.24, 2.45) is 0 Å². The van der Waals surface area contributed by atoms with E-state index in [0.717, 1.165) is 12.7 Å². The van der Waals surface area contributed by atoms with Crippen molar-refractivity contribution in [1.29, 1.82) is 0 Å². The highest BCUT2D eigenvalue weighted by atomic mass is 127. The minimum Gasteiger partial charge on any atom is -0.480 e. The number of alkyl carbamates (subject to hydrolysis) is 1. The normalized spacial score (nSPS) is 12.6. The number of carboxylic acid groups (broad SMARTS) is 1. The van der Waals surface area contributed by atoms with Crippen LogP contribution in [0.4, 0.5) is 4.79 Å². The first-order valence-electron chi connectivity index (χ1n) is 6.25. The van der Waals surface area contributed by atoms with Crippen LogP contribution in [0.1, 0.15) is 26.3 Å². The lowest BCUT2D eigenvalue weighted by Gasteiger charge is -2.22. The van der Waals surface area contributed by atoms with E-state index in [0.29, 0.717) is 0 Å². The molecule has 0 spiro atoms. The van der Waals surface area contributed by atoms with Gasteiger partial charge in [-0.15, -0.1) is 0 Å². The maximum atomic E-state index is 11.7. The quantitative estimate of drug-likeness (QED) is 0.601. The molecule has 1 atom stereocenters. The number of hydrogen-bond acceptors (Lipinski definition) is 3. The Kier molecular flexibility index (Phi) is 6.70. The van der Waals surface area contributed by atoms with Gasteiger partial charge in [0.1, 0.15) is 11.6 Å². The van der Waals surface area contributed by atoms with Crippen molar-refractivity contribution in [3.8, 4) is 0 Å². The molecule has 1 amide bonds. The van der Waals surface area contributed by atoms with Crippen LogP contribution < -0.4 is 5.32 Å². The van der Waals surface area contributed by atoms with Crippen LogP contribution >= 0.6 is 45.2 Å². The number of benzene rings is 1. The molecule has 0 aromatic heterocycles. The topological polar surface area (TPSA) is 75.6 Å². The Balaban J connectivity index is 2.79. The van der Waals surface area contributed by atoms with Crippen LogP contribution in [-0.4, -0.2) is 28.8 Å². The minimum absolute atomic E-state index is 0.212. The van der Waals surface area contributed by atoms with Crippen molar-refractivity contribution in [2.75, 3.05) is 0 Å². The zero-order valence-corrected chi connectivity index (χ0v) is 16.3. The van der Waals surface area contributed by atoms with Crippen molar-refractivity contribution >= 4 is 57.2 Å². The van der Waals surface area contributed by atoms with Crippen molar-refractivity contribution in [1.82, 2.24) is 5.32 Å². The second-order valence-electron chi connectivity index (χ2n) is 5.48. The number of ether oxygens (including phenoxy) is 1. The Bertz CT molecular complexity index is 540. The Morgan fingerprint density at radius 2 is 1.95 bits per heavy atom. The van der Waals surface area contributed by atoms with E-state index in [9.17, 15) is 14.7 Å². The number of amides is 1.